The van der Waals surface area contributed by atoms with Crippen molar-refractivity contribution in [2.45, 2.75) is 26.3 Å². The third-order valence-corrected chi connectivity index (χ3v) is 4.51. The molecule has 2 aliphatic heterocycles. The van der Waals surface area contributed by atoms with Gasteiger partial charge in [-0.2, -0.15) is 5.10 Å². The van der Waals surface area contributed by atoms with E-state index in [9.17, 15) is 4.79 Å². The number of halogens is 1. The summed E-state index contributed by atoms with van der Waals surface area (Å²) in [6.45, 7) is 6.86. The van der Waals surface area contributed by atoms with E-state index in [2.05, 4.69) is 10.4 Å². The highest BCUT2D eigenvalue weighted by Gasteiger charge is 2.31. The molecule has 1 aromatic rings. The molecule has 112 valence electrons. The molecule has 0 saturated carbocycles. The van der Waals surface area contributed by atoms with Crippen LogP contribution in [0.5, 0.6) is 0 Å². The maximum absolute atomic E-state index is 12.5. The molecule has 20 heavy (non-hydrogen) atoms. The number of amides is 1. The fourth-order valence-corrected chi connectivity index (χ4v) is 3.25. The number of aromatic nitrogens is 2. The molecule has 2 aliphatic rings. The first-order valence-electron chi connectivity index (χ1n) is 7.30. The zero-order valence-corrected chi connectivity index (χ0v) is 12.7. The van der Waals surface area contributed by atoms with Crippen molar-refractivity contribution in [3.05, 3.63) is 18.0 Å². The van der Waals surface area contributed by atoms with Crippen molar-refractivity contribution < 1.29 is 4.79 Å². The van der Waals surface area contributed by atoms with Crippen LogP contribution in [-0.2, 0) is 6.54 Å². The van der Waals surface area contributed by atoms with E-state index in [0.717, 1.165) is 63.0 Å². The van der Waals surface area contributed by atoms with Gasteiger partial charge in [0.1, 0.15) is 0 Å². The number of fused-ring (bicyclic) bond motifs is 1. The number of likely N-dealkylation sites (tertiary alicyclic amines) is 1. The van der Waals surface area contributed by atoms with Gasteiger partial charge < -0.3 is 10.2 Å². The number of nitrogens with zero attached hydrogens (tertiary/aromatic N) is 3. The van der Waals surface area contributed by atoms with Gasteiger partial charge in [0, 0.05) is 25.8 Å². The van der Waals surface area contributed by atoms with Gasteiger partial charge in [0.05, 0.1) is 11.8 Å². The van der Waals surface area contributed by atoms with Gasteiger partial charge >= 0.3 is 0 Å². The number of hydrogen-bond acceptors (Lipinski definition) is 3. The second kappa shape index (κ2) is 6.59. The summed E-state index contributed by atoms with van der Waals surface area (Å²) in [7, 11) is 0. The fraction of sp³-hybridized carbons (Fsp3) is 0.714. The number of aryl methyl sites for hydroxylation is 1. The van der Waals surface area contributed by atoms with Crippen molar-refractivity contribution in [1.29, 1.82) is 0 Å². The van der Waals surface area contributed by atoms with Crippen LogP contribution >= 0.6 is 12.4 Å². The van der Waals surface area contributed by atoms with Crippen LogP contribution < -0.4 is 5.32 Å². The summed E-state index contributed by atoms with van der Waals surface area (Å²) in [5.41, 5.74) is 0.729. The normalized spacial score (nSPS) is 25.8. The van der Waals surface area contributed by atoms with E-state index in [1.54, 1.807) is 6.20 Å². The Kier molecular flexibility index (Phi) is 5.05. The molecule has 1 aromatic heterocycles. The van der Waals surface area contributed by atoms with Crippen LogP contribution in [0.2, 0.25) is 0 Å². The lowest BCUT2D eigenvalue weighted by atomic mass is 9.92. The molecule has 0 bridgehead atoms. The maximum atomic E-state index is 12.5. The summed E-state index contributed by atoms with van der Waals surface area (Å²) in [5, 5.41) is 7.65. The minimum absolute atomic E-state index is 0. The molecule has 3 rings (SSSR count). The van der Waals surface area contributed by atoms with Gasteiger partial charge in [-0.3, -0.25) is 9.48 Å². The summed E-state index contributed by atoms with van der Waals surface area (Å²) in [6.07, 6.45) is 5.81. The minimum Gasteiger partial charge on any atom is -0.339 e. The lowest BCUT2D eigenvalue weighted by Crippen LogP contribution is -2.32. The summed E-state index contributed by atoms with van der Waals surface area (Å²) < 4.78 is 1.81. The van der Waals surface area contributed by atoms with E-state index in [-0.39, 0.29) is 18.3 Å². The SMILES string of the molecule is CCn1cc(C(=O)N2CC[C@@H]3CNC[C@@H]3CC2)cn1.Cl. The van der Waals surface area contributed by atoms with Crippen LogP contribution in [0.15, 0.2) is 12.4 Å². The summed E-state index contributed by atoms with van der Waals surface area (Å²) in [4.78, 5) is 14.5. The number of carbonyl (C=O) groups is 1. The number of nitrogens with one attached hydrogen (secondary N) is 1. The first-order chi connectivity index (χ1) is 9.28. The van der Waals surface area contributed by atoms with Crippen molar-refractivity contribution in [3.8, 4) is 0 Å². The van der Waals surface area contributed by atoms with Crippen molar-refractivity contribution >= 4 is 18.3 Å². The largest absolute Gasteiger partial charge is 0.339 e. The lowest BCUT2D eigenvalue weighted by Gasteiger charge is -2.20. The fourth-order valence-electron chi connectivity index (χ4n) is 3.25. The molecule has 6 heteroatoms. The van der Waals surface area contributed by atoms with Crippen LogP contribution in [0.3, 0.4) is 0 Å². The molecule has 0 radical (unpaired) electrons. The Labute approximate surface area is 126 Å². The monoisotopic (exact) mass is 298 g/mol. The van der Waals surface area contributed by atoms with Crippen LogP contribution in [0.1, 0.15) is 30.1 Å². The molecule has 2 saturated heterocycles. The van der Waals surface area contributed by atoms with E-state index in [0.29, 0.717) is 0 Å². The van der Waals surface area contributed by atoms with Crippen LogP contribution in [0.25, 0.3) is 0 Å². The Morgan fingerprint density at radius 1 is 1.35 bits per heavy atom. The molecule has 3 heterocycles. The molecule has 2 fully saturated rings. The van der Waals surface area contributed by atoms with E-state index in [1.165, 1.54) is 0 Å². The topological polar surface area (TPSA) is 50.2 Å². The first kappa shape index (κ1) is 15.3. The van der Waals surface area contributed by atoms with Gasteiger partial charge in [-0.05, 0) is 44.7 Å². The van der Waals surface area contributed by atoms with Crippen LogP contribution in [0.4, 0.5) is 0 Å². The smallest absolute Gasteiger partial charge is 0.257 e. The predicted octanol–water partition coefficient (Wildman–Crippen LogP) is 1.40. The molecular weight excluding hydrogens is 276 g/mol. The Morgan fingerprint density at radius 3 is 2.55 bits per heavy atom. The predicted molar refractivity (Wildman–Crippen MR) is 80.1 cm³/mol. The zero-order valence-electron chi connectivity index (χ0n) is 11.9. The third-order valence-electron chi connectivity index (χ3n) is 4.51. The summed E-state index contributed by atoms with van der Waals surface area (Å²) >= 11 is 0. The van der Waals surface area contributed by atoms with Crippen LogP contribution in [0, 0.1) is 11.8 Å². The second-order valence-corrected chi connectivity index (χ2v) is 5.63. The molecule has 0 spiro atoms. The third kappa shape index (κ3) is 2.99. The number of carbonyl (C=O) groups excluding carboxylic acids is 1. The van der Waals surface area contributed by atoms with Gasteiger partial charge in [-0.25, -0.2) is 0 Å². The lowest BCUT2D eigenvalue weighted by molar-refractivity contribution is 0.0758. The molecule has 2 atom stereocenters. The Balaban J connectivity index is 0.00000147. The van der Waals surface area contributed by atoms with Gasteiger partial charge in [0.15, 0.2) is 0 Å². The molecular formula is C14H23ClN4O. The molecule has 1 N–H and O–H groups in total. The number of hydrogen-bond donors (Lipinski definition) is 1. The van der Waals surface area contributed by atoms with Gasteiger partial charge in [-0.1, -0.05) is 0 Å². The van der Waals surface area contributed by atoms with E-state index < -0.39 is 0 Å². The minimum atomic E-state index is 0. The van der Waals surface area contributed by atoms with Gasteiger partial charge in [0.25, 0.3) is 5.91 Å². The number of rotatable bonds is 2. The zero-order chi connectivity index (χ0) is 13.2. The summed E-state index contributed by atoms with van der Waals surface area (Å²) in [6, 6.07) is 0. The quantitative estimate of drug-likeness (QED) is 0.898. The Bertz CT molecular complexity index is 448. The second-order valence-electron chi connectivity index (χ2n) is 5.63. The van der Waals surface area contributed by atoms with E-state index >= 15 is 0 Å². The van der Waals surface area contributed by atoms with Crippen molar-refractivity contribution in [1.82, 2.24) is 20.0 Å². The molecule has 5 nitrogen and oxygen atoms in total. The van der Waals surface area contributed by atoms with Crippen LogP contribution in [-0.4, -0.2) is 46.8 Å². The van der Waals surface area contributed by atoms with Gasteiger partial charge in [-0.15, -0.1) is 12.4 Å². The highest BCUT2D eigenvalue weighted by Crippen LogP contribution is 2.27. The Hall–Kier alpha value is -1.07. The maximum Gasteiger partial charge on any atom is 0.257 e. The molecule has 0 aliphatic carbocycles. The van der Waals surface area contributed by atoms with E-state index in [1.807, 2.05) is 22.7 Å². The Morgan fingerprint density at radius 2 is 2.00 bits per heavy atom. The summed E-state index contributed by atoms with van der Waals surface area (Å²) in [5.74, 6) is 1.67. The standard InChI is InChI=1S/C14H22N4O.ClH/c1-2-18-10-13(9-16-18)14(19)17-5-3-11-7-15-8-12(11)4-6-17;/h9-12,15H,2-8H2,1H3;1H/t11-,12+;. The molecule has 0 aromatic carbocycles. The van der Waals surface area contributed by atoms with E-state index in [4.69, 9.17) is 0 Å². The highest BCUT2D eigenvalue weighted by molar-refractivity contribution is 5.93. The molecule has 0 unspecified atom stereocenters. The van der Waals surface area contributed by atoms with Crippen molar-refractivity contribution in [2.24, 2.45) is 11.8 Å². The van der Waals surface area contributed by atoms with Crippen molar-refractivity contribution in [2.75, 3.05) is 26.2 Å². The first-order valence-corrected chi connectivity index (χ1v) is 7.30. The average molecular weight is 299 g/mol. The molecule has 1 amide bonds. The van der Waals surface area contributed by atoms with Gasteiger partial charge in [0.2, 0.25) is 0 Å². The highest BCUT2D eigenvalue weighted by atomic mass is 35.5. The van der Waals surface area contributed by atoms with Crippen molar-refractivity contribution in [3.63, 3.8) is 0 Å². The average Bonchev–Trinajstić information content (AvgIpc) is 3.04.